The molecule has 2 fully saturated rings. The highest BCUT2D eigenvalue weighted by Gasteiger charge is 2.37. The predicted molar refractivity (Wildman–Crippen MR) is 61.4 cm³/mol. The lowest BCUT2D eigenvalue weighted by atomic mass is 9.94. The lowest BCUT2D eigenvalue weighted by Gasteiger charge is -2.30. The van der Waals surface area contributed by atoms with Crippen molar-refractivity contribution in [1.29, 1.82) is 0 Å². The Morgan fingerprint density at radius 1 is 1.27 bits per heavy atom. The summed E-state index contributed by atoms with van der Waals surface area (Å²) in [6.45, 7) is 2.19. The Morgan fingerprint density at radius 3 is 2.80 bits per heavy atom. The summed E-state index contributed by atoms with van der Waals surface area (Å²) < 4.78 is 0. The van der Waals surface area contributed by atoms with Gasteiger partial charge in [-0.05, 0) is 32.2 Å². The maximum absolute atomic E-state index is 9.93. The van der Waals surface area contributed by atoms with Crippen LogP contribution in [0.15, 0.2) is 0 Å². The van der Waals surface area contributed by atoms with E-state index < -0.39 is 0 Å². The molecule has 2 rings (SSSR count). The molecule has 84 valence electrons. The number of nitrogens with zero attached hydrogens (tertiary/aromatic N) is 1. The molecule has 1 N–H and O–H groups in total. The SMILES string of the molecule is C#CCCN1CCCC1C1CCCC1O. The molecule has 3 atom stereocenters. The molecule has 3 unspecified atom stereocenters. The zero-order chi connectivity index (χ0) is 10.7. The van der Waals surface area contributed by atoms with Gasteiger partial charge in [0.2, 0.25) is 0 Å². The molecular formula is C13H21NO. The summed E-state index contributed by atoms with van der Waals surface area (Å²) in [5.74, 6) is 3.23. The first-order chi connectivity index (χ1) is 7.33. The maximum Gasteiger partial charge on any atom is 0.0583 e. The molecular weight excluding hydrogens is 186 g/mol. The fraction of sp³-hybridized carbons (Fsp3) is 0.846. The highest BCUT2D eigenvalue weighted by molar-refractivity contribution is 4.93. The smallest absolute Gasteiger partial charge is 0.0583 e. The molecule has 0 aromatic carbocycles. The Labute approximate surface area is 92.7 Å². The van der Waals surface area contributed by atoms with Gasteiger partial charge in [-0.3, -0.25) is 4.90 Å². The molecule has 0 spiro atoms. The van der Waals surface area contributed by atoms with Gasteiger partial charge in [-0.2, -0.15) is 0 Å². The minimum absolute atomic E-state index is 0.0542. The zero-order valence-corrected chi connectivity index (χ0v) is 9.36. The van der Waals surface area contributed by atoms with Gasteiger partial charge in [0.1, 0.15) is 0 Å². The second-order valence-corrected chi connectivity index (χ2v) is 4.86. The molecule has 1 aliphatic heterocycles. The molecule has 0 radical (unpaired) electrons. The van der Waals surface area contributed by atoms with Crippen molar-refractivity contribution in [3.8, 4) is 12.3 Å². The van der Waals surface area contributed by atoms with Crippen molar-refractivity contribution in [1.82, 2.24) is 4.90 Å². The molecule has 0 aromatic rings. The minimum Gasteiger partial charge on any atom is -0.393 e. The van der Waals surface area contributed by atoms with Crippen LogP contribution in [0.25, 0.3) is 0 Å². The van der Waals surface area contributed by atoms with Crippen LogP contribution >= 0.6 is 0 Å². The fourth-order valence-corrected chi connectivity index (χ4v) is 3.24. The molecule has 15 heavy (non-hydrogen) atoms. The molecule has 2 heteroatoms. The Kier molecular flexibility index (Phi) is 3.66. The van der Waals surface area contributed by atoms with E-state index in [9.17, 15) is 5.11 Å². The summed E-state index contributed by atoms with van der Waals surface area (Å²) in [7, 11) is 0. The Bertz CT molecular complexity index is 245. The van der Waals surface area contributed by atoms with Crippen LogP contribution in [0.4, 0.5) is 0 Å². The van der Waals surface area contributed by atoms with Gasteiger partial charge < -0.3 is 5.11 Å². The number of hydrogen-bond acceptors (Lipinski definition) is 2. The van der Waals surface area contributed by atoms with E-state index in [1.54, 1.807) is 0 Å². The summed E-state index contributed by atoms with van der Waals surface area (Å²) in [6, 6.07) is 0.607. The van der Waals surface area contributed by atoms with Crippen LogP contribution in [-0.4, -0.2) is 35.2 Å². The van der Waals surface area contributed by atoms with Gasteiger partial charge in [-0.25, -0.2) is 0 Å². The summed E-state index contributed by atoms with van der Waals surface area (Å²) >= 11 is 0. The van der Waals surface area contributed by atoms with Gasteiger partial charge in [0.15, 0.2) is 0 Å². The van der Waals surface area contributed by atoms with E-state index in [0.717, 1.165) is 19.4 Å². The second-order valence-electron chi connectivity index (χ2n) is 4.86. The van der Waals surface area contributed by atoms with Crippen molar-refractivity contribution in [3.05, 3.63) is 0 Å². The molecule has 2 nitrogen and oxygen atoms in total. The van der Waals surface area contributed by atoms with Crippen LogP contribution in [0.1, 0.15) is 38.5 Å². The highest BCUT2D eigenvalue weighted by Crippen LogP contribution is 2.35. The number of aliphatic hydroxyl groups excluding tert-OH is 1. The van der Waals surface area contributed by atoms with Crippen LogP contribution in [0.3, 0.4) is 0 Å². The lowest BCUT2D eigenvalue weighted by molar-refractivity contribution is 0.0756. The number of rotatable bonds is 3. The standard InChI is InChI=1S/C13H21NO/c1-2-3-9-14-10-5-7-12(14)11-6-4-8-13(11)15/h1,11-13,15H,3-10H2. The van der Waals surface area contributed by atoms with Gasteiger partial charge in [0.05, 0.1) is 6.10 Å². The van der Waals surface area contributed by atoms with Crippen LogP contribution in [0.5, 0.6) is 0 Å². The largest absolute Gasteiger partial charge is 0.393 e. The highest BCUT2D eigenvalue weighted by atomic mass is 16.3. The Balaban J connectivity index is 1.92. The van der Waals surface area contributed by atoms with E-state index in [1.807, 2.05) is 0 Å². The zero-order valence-electron chi connectivity index (χ0n) is 9.36. The number of likely N-dealkylation sites (tertiary alicyclic amines) is 1. The quantitative estimate of drug-likeness (QED) is 0.711. The number of aliphatic hydroxyl groups is 1. The van der Waals surface area contributed by atoms with E-state index in [2.05, 4.69) is 10.8 Å². The van der Waals surface area contributed by atoms with Crippen molar-refractivity contribution < 1.29 is 5.11 Å². The topological polar surface area (TPSA) is 23.5 Å². The molecule has 0 bridgehead atoms. The first kappa shape index (κ1) is 11.0. The van der Waals surface area contributed by atoms with Crippen LogP contribution in [0, 0.1) is 18.3 Å². The lowest BCUT2D eigenvalue weighted by Crippen LogP contribution is -2.39. The van der Waals surface area contributed by atoms with Crippen LogP contribution in [0.2, 0.25) is 0 Å². The number of terminal acetylenes is 1. The van der Waals surface area contributed by atoms with E-state index in [-0.39, 0.29) is 6.10 Å². The van der Waals surface area contributed by atoms with Crippen molar-refractivity contribution in [2.24, 2.45) is 5.92 Å². The third kappa shape index (κ3) is 2.35. The van der Waals surface area contributed by atoms with Crippen molar-refractivity contribution in [3.63, 3.8) is 0 Å². The van der Waals surface area contributed by atoms with Gasteiger partial charge in [0, 0.05) is 24.9 Å². The molecule has 0 amide bonds. The molecule has 1 heterocycles. The predicted octanol–water partition coefficient (Wildman–Crippen LogP) is 1.64. The maximum atomic E-state index is 9.93. The summed E-state index contributed by atoms with van der Waals surface area (Å²) in [5.41, 5.74) is 0. The van der Waals surface area contributed by atoms with Crippen LogP contribution in [-0.2, 0) is 0 Å². The summed E-state index contributed by atoms with van der Waals surface area (Å²) in [5, 5.41) is 9.93. The first-order valence-electron chi connectivity index (χ1n) is 6.18. The average Bonchev–Trinajstić information content (AvgIpc) is 2.82. The Hall–Kier alpha value is -0.520. The molecule has 1 saturated carbocycles. The number of hydrogen-bond donors (Lipinski definition) is 1. The average molecular weight is 207 g/mol. The summed E-state index contributed by atoms with van der Waals surface area (Å²) in [6.07, 6.45) is 12.0. The first-order valence-corrected chi connectivity index (χ1v) is 6.18. The monoisotopic (exact) mass is 207 g/mol. The summed E-state index contributed by atoms with van der Waals surface area (Å²) in [4.78, 5) is 2.50. The van der Waals surface area contributed by atoms with Gasteiger partial charge in [-0.15, -0.1) is 12.3 Å². The fourth-order valence-electron chi connectivity index (χ4n) is 3.24. The van der Waals surface area contributed by atoms with E-state index in [0.29, 0.717) is 12.0 Å². The third-order valence-corrected chi connectivity index (χ3v) is 3.98. The van der Waals surface area contributed by atoms with Crippen molar-refractivity contribution >= 4 is 0 Å². The van der Waals surface area contributed by atoms with E-state index in [4.69, 9.17) is 6.42 Å². The molecule has 1 saturated heterocycles. The third-order valence-electron chi connectivity index (χ3n) is 3.98. The normalized spacial score (nSPS) is 36.9. The molecule has 2 aliphatic rings. The van der Waals surface area contributed by atoms with Crippen molar-refractivity contribution in [2.45, 2.75) is 50.7 Å². The minimum atomic E-state index is -0.0542. The molecule has 0 aromatic heterocycles. The second kappa shape index (κ2) is 5.01. The molecule has 1 aliphatic carbocycles. The van der Waals surface area contributed by atoms with Gasteiger partial charge in [0.25, 0.3) is 0 Å². The van der Waals surface area contributed by atoms with Gasteiger partial charge in [-0.1, -0.05) is 6.42 Å². The van der Waals surface area contributed by atoms with Crippen molar-refractivity contribution in [2.75, 3.05) is 13.1 Å². The van der Waals surface area contributed by atoms with E-state index >= 15 is 0 Å². The van der Waals surface area contributed by atoms with E-state index in [1.165, 1.54) is 32.2 Å². The van der Waals surface area contributed by atoms with Crippen LogP contribution < -0.4 is 0 Å². The van der Waals surface area contributed by atoms with Gasteiger partial charge >= 0.3 is 0 Å². The Morgan fingerprint density at radius 2 is 2.13 bits per heavy atom.